The number of sulfone groups is 1. The minimum absolute atomic E-state index is 0. The monoisotopic (exact) mass is 134 g/mol. The van der Waals surface area contributed by atoms with Crippen molar-refractivity contribution in [2.24, 2.45) is 0 Å². The molecule has 1 fully saturated rings. The van der Waals surface area contributed by atoms with Crippen molar-refractivity contribution in [2.75, 3.05) is 11.5 Å². The summed E-state index contributed by atoms with van der Waals surface area (Å²) in [5.74, 6) is 0.847. The van der Waals surface area contributed by atoms with Crippen LogP contribution >= 0.6 is 0 Å². The first-order chi connectivity index (χ1) is 3.21. The lowest BCUT2D eigenvalue weighted by Crippen LogP contribution is -1.98. The Bertz CT molecular complexity index is 137. The zero-order valence-electron chi connectivity index (χ0n) is 4.05. The van der Waals surface area contributed by atoms with Gasteiger partial charge in [-0.15, -0.1) is 0 Å². The third-order valence-corrected chi connectivity index (χ3v) is 2.98. The maximum Gasteiger partial charge on any atom is 0.150 e. The summed E-state index contributed by atoms with van der Waals surface area (Å²) in [4.78, 5) is 0. The van der Waals surface area contributed by atoms with Crippen molar-refractivity contribution in [3.63, 3.8) is 0 Å². The highest BCUT2D eigenvalue weighted by Gasteiger charge is 2.16. The van der Waals surface area contributed by atoms with Gasteiger partial charge in [0.25, 0.3) is 0 Å². The second-order valence-corrected chi connectivity index (χ2v) is 4.16. The molecule has 1 aliphatic heterocycles. The van der Waals surface area contributed by atoms with Crippen LogP contribution in [-0.4, -0.2) is 28.3 Å². The molecule has 0 aromatic rings. The summed E-state index contributed by atoms with van der Waals surface area (Å²) in [7, 11) is -2.55. The second-order valence-electron chi connectivity index (χ2n) is 1.86. The fourth-order valence-electron chi connectivity index (χ4n) is 0.746. The fourth-order valence-corrected chi connectivity index (χ4v) is 2.24. The molecule has 4 heteroatoms. The van der Waals surface area contributed by atoms with Crippen LogP contribution in [0.1, 0.15) is 12.8 Å². The first kappa shape index (κ1) is 8.01. The molecule has 0 bridgehead atoms. The van der Waals surface area contributed by atoms with Crippen LogP contribution in [0, 0.1) is 0 Å². The van der Waals surface area contributed by atoms with Crippen LogP contribution < -0.4 is 0 Å². The maximum absolute atomic E-state index is 10.4. The van der Waals surface area contributed by atoms with Gasteiger partial charge in [0.15, 0.2) is 0 Å². The molecule has 0 aliphatic carbocycles. The summed E-state index contributed by atoms with van der Waals surface area (Å²) in [6.07, 6.45) is 1.75. The van der Waals surface area contributed by atoms with Gasteiger partial charge in [-0.2, -0.15) is 0 Å². The van der Waals surface area contributed by atoms with Crippen molar-refractivity contribution in [3.05, 3.63) is 0 Å². The quantitative estimate of drug-likeness (QED) is 0.398. The van der Waals surface area contributed by atoms with E-state index >= 15 is 0 Å². The van der Waals surface area contributed by atoms with Crippen LogP contribution in [0.4, 0.5) is 0 Å². The third kappa shape index (κ3) is 1.86. The Hall–Kier alpha value is 0.0149. The molecule has 0 atom stereocenters. The molecule has 0 aromatic heterocycles. The highest BCUT2D eigenvalue weighted by atomic mass is 32.2. The maximum atomic E-state index is 10.4. The second kappa shape index (κ2) is 2.53. The molecule has 0 radical (unpaired) electrons. The summed E-state index contributed by atoms with van der Waals surface area (Å²) < 4.78 is 20.9. The van der Waals surface area contributed by atoms with Crippen LogP contribution in [0.3, 0.4) is 0 Å². The predicted molar refractivity (Wildman–Crippen MR) is 37.8 cm³/mol. The number of hydrogen-bond acceptors (Lipinski definition) is 2. The Labute approximate surface area is 51.8 Å². The SMILES string of the molecule is B.O=S1(=O)CCCC1. The molecule has 0 spiro atoms. The van der Waals surface area contributed by atoms with Crippen LogP contribution in [0.2, 0.25) is 0 Å². The Balaban J connectivity index is 0.000000490. The molecule has 1 saturated heterocycles. The van der Waals surface area contributed by atoms with Gasteiger partial charge in [0, 0.05) is 0 Å². The minimum Gasteiger partial charge on any atom is -0.229 e. The van der Waals surface area contributed by atoms with E-state index in [2.05, 4.69) is 0 Å². The lowest BCUT2D eigenvalue weighted by Gasteiger charge is -1.81. The molecule has 0 N–H and O–H groups in total. The molecule has 0 aromatic carbocycles. The summed E-state index contributed by atoms with van der Waals surface area (Å²) >= 11 is 0. The van der Waals surface area contributed by atoms with E-state index in [0.717, 1.165) is 12.8 Å². The van der Waals surface area contributed by atoms with Crippen LogP contribution in [0.25, 0.3) is 0 Å². The van der Waals surface area contributed by atoms with Crippen molar-refractivity contribution in [2.45, 2.75) is 12.8 Å². The average Bonchev–Trinajstić information content (AvgIpc) is 1.84. The molecule has 2 nitrogen and oxygen atoms in total. The standard InChI is InChI=1S/C4H8O2S.BH3/c5-7(6)3-1-2-4-7;/h1-4H2;1H3. The van der Waals surface area contributed by atoms with Crippen molar-refractivity contribution >= 4 is 18.3 Å². The van der Waals surface area contributed by atoms with Gasteiger partial charge in [-0.25, -0.2) is 8.42 Å². The lowest BCUT2D eigenvalue weighted by atomic mass is 10.4. The number of rotatable bonds is 0. The summed E-state index contributed by atoms with van der Waals surface area (Å²) in [5, 5.41) is 0. The van der Waals surface area contributed by atoms with Gasteiger partial charge in [0.05, 0.1) is 19.9 Å². The zero-order chi connectivity index (χ0) is 5.33. The molecular weight excluding hydrogens is 123 g/mol. The van der Waals surface area contributed by atoms with E-state index in [9.17, 15) is 8.42 Å². The van der Waals surface area contributed by atoms with Crippen molar-refractivity contribution in [1.29, 1.82) is 0 Å². The summed E-state index contributed by atoms with van der Waals surface area (Å²) in [6.45, 7) is 0. The first-order valence-electron chi connectivity index (χ1n) is 2.41. The molecule has 1 aliphatic rings. The van der Waals surface area contributed by atoms with E-state index in [0.29, 0.717) is 11.5 Å². The van der Waals surface area contributed by atoms with Gasteiger partial charge in [0.2, 0.25) is 0 Å². The largest absolute Gasteiger partial charge is 0.229 e. The Morgan fingerprint density at radius 3 is 1.50 bits per heavy atom. The van der Waals surface area contributed by atoms with E-state index in [4.69, 9.17) is 0 Å². The van der Waals surface area contributed by atoms with Crippen LogP contribution in [-0.2, 0) is 9.84 Å². The molecule has 0 unspecified atom stereocenters. The molecule has 8 heavy (non-hydrogen) atoms. The van der Waals surface area contributed by atoms with Crippen molar-refractivity contribution < 1.29 is 8.42 Å². The van der Waals surface area contributed by atoms with Gasteiger partial charge in [-0.05, 0) is 12.8 Å². The Morgan fingerprint density at radius 2 is 1.38 bits per heavy atom. The molecular formula is C4H11BO2S. The van der Waals surface area contributed by atoms with Gasteiger partial charge in [-0.1, -0.05) is 0 Å². The fraction of sp³-hybridized carbons (Fsp3) is 1.00. The average molecular weight is 134 g/mol. The van der Waals surface area contributed by atoms with Crippen LogP contribution in [0.15, 0.2) is 0 Å². The van der Waals surface area contributed by atoms with Crippen molar-refractivity contribution in [1.82, 2.24) is 0 Å². The van der Waals surface area contributed by atoms with E-state index in [1.165, 1.54) is 0 Å². The molecule has 0 saturated carbocycles. The van der Waals surface area contributed by atoms with E-state index in [1.54, 1.807) is 0 Å². The smallest absolute Gasteiger partial charge is 0.150 e. The first-order valence-corrected chi connectivity index (χ1v) is 4.23. The number of hydrogen-bond donors (Lipinski definition) is 0. The topological polar surface area (TPSA) is 34.1 Å². The highest BCUT2D eigenvalue weighted by Crippen LogP contribution is 2.08. The highest BCUT2D eigenvalue weighted by molar-refractivity contribution is 7.91. The summed E-state index contributed by atoms with van der Waals surface area (Å²) in [6, 6.07) is 0. The van der Waals surface area contributed by atoms with E-state index in [-0.39, 0.29) is 8.41 Å². The Morgan fingerprint density at radius 1 is 1.00 bits per heavy atom. The predicted octanol–water partition coefficient (Wildman–Crippen LogP) is -0.989. The molecule has 1 heterocycles. The van der Waals surface area contributed by atoms with E-state index < -0.39 is 9.84 Å². The Kier molecular flexibility index (Phi) is 2.54. The van der Waals surface area contributed by atoms with Gasteiger partial charge in [0.1, 0.15) is 9.84 Å². The van der Waals surface area contributed by atoms with Gasteiger partial charge in [-0.3, -0.25) is 0 Å². The molecule has 48 valence electrons. The van der Waals surface area contributed by atoms with E-state index in [1.807, 2.05) is 0 Å². The summed E-state index contributed by atoms with van der Waals surface area (Å²) in [5.41, 5.74) is 0. The molecule has 0 amide bonds. The van der Waals surface area contributed by atoms with Gasteiger partial charge < -0.3 is 0 Å². The molecule has 1 rings (SSSR count). The third-order valence-electron chi connectivity index (χ3n) is 1.16. The van der Waals surface area contributed by atoms with Gasteiger partial charge >= 0.3 is 0 Å². The lowest BCUT2D eigenvalue weighted by molar-refractivity contribution is 0.602. The van der Waals surface area contributed by atoms with Crippen molar-refractivity contribution in [3.8, 4) is 0 Å². The minimum atomic E-state index is -2.55. The normalized spacial score (nSPS) is 24.5. The van der Waals surface area contributed by atoms with Crippen LogP contribution in [0.5, 0.6) is 0 Å². The zero-order valence-corrected chi connectivity index (χ0v) is 4.87.